The number of benzene rings is 1. The van der Waals surface area contributed by atoms with Gasteiger partial charge in [-0.05, 0) is 29.7 Å². The van der Waals surface area contributed by atoms with Gasteiger partial charge < -0.3 is 10.8 Å². The Kier molecular flexibility index (Phi) is 2.88. The van der Waals surface area contributed by atoms with Gasteiger partial charge in [-0.25, -0.2) is 0 Å². The molecule has 1 aliphatic rings. The minimum Gasteiger partial charge on any atom is -0.508 e. The summed E-state index contributed by atoms with van der Waals surface area (Å²) in [7, 11) is 0. The molecule has 0 heterocycles. The van der Waals surface area contributed by atoms with E-state index in [1.165, 1.54) is 11.1 Å². The zero-order chi connectivity index (χ0) is 10.7. The molecule has 0 spiro atoms. The summed E-state index contributed by atoms with van der Waals surface area (Å²) < 4.78 is 0. The zero-order valence-electron chi connectivity index (χ0n) is 8.56. The fraction of sp³-hybridized carbons (Fsp3) is 0.231. The summed E-state index contributed by atoms with van der Waals surface area (Å²) in [6, 6.07) is 7.38. The molecule has 3 N–H and O–H groups in total. The number of aromatic hydroxyl groups is 1. The third-order valence-electron chi connectivity index (χ3n) is 2.73. The summed E-state index contributed by atoms with van der Waals surface area (Å²) in [6.07, 6.45) is 7.43. The van der Waals surface area contributed by atoms with Crippen molar-refractivity contribution in [2.45, 2.75) is 12.3 Å². The van der Waals surface area contributed by atoms with Crippen molar-refractivity contribution in [2.24, 2.45) is 5.73 Å². The van der Waals surface area contributed by atoms with Crippen molar-refractivity contribution in [1.29, 1.82) is 0 Å². The van der Waals surface area contributed by atoms with E-state index in [1.54, 1.807) is 12.1 Å². The lowest BCUT2D eigenvalue weighted by atomic mass is 9.90. The van der Waals surface area contributed by atoms with E-state index in [1.807, 2.05) is 12.1 Å². The Balaban J connectivity index is 2.12. The van der Waals surface area contributed by atoms with Gasteiger partial charge in [0, 0.05) is 12.5 Å². The first-order valence-electron chi connectivity index (χ1n) is 5.16. The smallest absolute Gasteiger partial charge is 0.115 e. The molecule has 2 heteroatoms. The van der Waals surface area contributed by atoms with Crippen LogP contribution in [0.5, 0.6) is 5.75 Å². The number of nitrogens with two attached hydrogens (primary N) is 1. The lowest BCUT2D eigenvalue weighted by Crippen LogP contribution is -2.05. The molecular weight excluding hydrogens is 186 g/mol. The van der Waals surface area contributed by atoms with Gasteiger partial charge in [-0.3, -0.25) is 0 Å². The van der Waals surface area contributed by atoms with E-state index in [4.69, 9.17) is 5.73 Å². The molecule has 1 aromatic rings. The lowest BCUT2D eigenvalue weighted by molar-refractivity contribution is 0.475. The van der Waals surface area contributed by atoms with Crippen molar-refractivity contribution < 1.29 is 5.11 Å². The average Bonchev–Trinajstić information content (AvgIpc) is 2.30. The van der Waals surface area contributed by atoms with Gasteiger partial charge in [-0.15, -0.1) is 0 Å². The standard InChI is InChI=1S/C13H15NO/c14-9-10-1-3-11(4-2-10)12-5-7-13(15)8-6-12/h1-3,5-8,11,15H,4,9,14H2. The van der Waals surface area contributed by atoms with Crippen molar-refractivity contribution in [3.05, 3.63) is 53.6 Å². The van der Waals surface area contributed by atoms with E-state index in [-0.39, 0.29) is 0 Å². The van der Waals surface area contributed by atoms with E-state index in [2.05, 4.69) is 18.2 Å². The Hall–Kier alpha value is -1.54. The molecule has 2 nitrogen and oxygen atoms in total. The molecule has 78 valence electrons. The molecule has 2 rings (SSSR count). The predicted molar refractivity (Wildman–Crippen MR) is 61.7 cm³/mol. The largest absolute Gasteiger partial charge is 0.508 e. The molecule has 0 fully saturated rings. The van der Waals surface area contributed by atoms with E-state index in [9.17, 15) is 5.11 Å². The van der Waals surface area contributed by atoms with E-state index < -0.39 is 0 Å². The Morgan fingerprint density at radius 3 is 2.53 bits per heavy atom. The van der Waals surface area contributed by atoms with Crippen LogP contribution >= 0.6 is 0 Å². The number of rotatable bonds is 2. The summed E-state index contributed by atoms with van der Waals surface area (Å²) in [6.45, 7) is 0.610. The van der Waals surface area contributed by atoms with Gasteiger partial charge >= 0.3 is 0 Å². The van der Waals surface area contributed by atoms with Crippen LogP contribution in [0, 0.1) is 0 Å². The quantitative estimate of drug-likeness (QED) is 0.771. The van der Waals surface area contributed by atoms with Crippen LogP contribution in [0.4, 0.5) is 0 Å². The molecule has 15 heavy (non-hydrogen) atoms. The summed E-state index contributed by atoms with van der Waals surface area (Å²) in [5, 5.41) is 9.19. The second kappa shape index (κ2) is 4.32. The number of allylic oxidation sites excluding steroid dienone is 2. The Labute approximate surface area is 89.7 Å². The highest BCUT2D eigenvalue weighted by Gasteiger charge is 2.10. The number of phenolic OH excluding ortho intramolecular Hbond substituents is 1. The van der Waals surface area contributed by atoms with E-state index in [0.717, 1.165) is 6.42 Å². The molecule has 0 bridgehead atoms. The van der Waals surface area contributed by atoms with Crippen LogP contribution in [-0.2, 0) is 0 Å². The van der Waals surface area contributed by atoms with Crippen LogP contribution in [-0.4, -0.2) is 11.7 Å². The highest BCUT2D eigenvalue weighted by molar-refractivity contribution is 5.35. The van der Waals surface area contributed by atoms with Gasteiger partial charge in [-0.2, -0.15) is 0 Å². The lowest BCUT2D eigenvalue weighted by Gasteiger charge is -2.15. The van der Waals surface area contributed by atoms with Gasteiger partial charge in [0.1, 0.15) is 5.75 Å². The van der Waals surface area contributed by atoms with Gasteiger partial charge in [0.15, 0.2) is 0 Å². The van der Waals surface area contributed by atoms with E-state index in [0.29, 0.717) is 18.2 Å². The maximum atomic E-state index is 9.19. The third kappa shape index (κ3) is 2.28. The number of hydrogen-bond donors (Lipinski definition) is 2. The number of phenols is 1. The van der Waals surface area contributed by atoms with Gasteiger partial charge in [-0.1, -0.05) is 30.4 Å². The maximum absolute atomic E-state index is 9.19. The highest BCUT2D eigenvalue weighted by Crippen LogP contribution is 2.27. The molecule has 1 aromatic carbocycles. The van der Waals surface area contributed by atoms with Crippen LogP contribution in [0.1, 0.15) is 17.9 Å². The first-order valence-corrected chi connectivity index (χ1v) is 5.16. The minimum absolute atomic E-state index is 0.316. The minimum atomic E-state index is 0.316. The van der Waals surface area contributed by atoms with Crippen LogP contribution in [0.25, 0.3) is 0 Å². The monoisotopic (exact) mass is 201 g/mol. The molecule has 0 aliphatic heterocycles. The molecule has 0 amide bonds. The SMILES string of the molecule is NCC1=CCC(c2ccc(O)cc2)C=C1. The molecule has 1 aliphatic carbocycles. The van der Waals surface area contributed by atoms with Crippen LogP contribution < -0.4 is 5.73 Å². The summed E-state index contributed by atoms with van der Waals surface area (Å²) in [5.74, 6) is 0.734. The normalized spacial score (nSPS) is 20.1. The maximum Gasteiger partial charge on any atom is 0.115 e. The van der Waals surface area contributed by atoms with Crippen molar-refractivity contribution in [3.8, 4) is 5.75 Å². The van der Waals surface area contributed by atoms with Crippen LogP contribution in [0.3, 0.4) is 0 Å². The summed E-state index contributed by atoms with van der Waals surface area (Å²) in [4.78, 5) is 0. The van der Waals surface area contributed by atoms with Crippen molar-refractivity contribution in [2.75, 3.05) is 6.54 Å². The van der Waals surface area contributed by atoms with Crippen LogP contribution in [0.15, 0.2) is 48.1 Å². The zero-order valence-corrected chi connectivity index (χ0v) is 8.56. The van der Waals surface area contributed by atoms with Crippen molar-refractivity contribution in [3.63, 3.8) is 0 Å². The Bertz CT molecular complexity index is 390. The number of hydrogen-bond acceptors (Lipinski definition) is 2. The van der Waals surface area contributed by atoms with Crippen molar-refractivity contribution in [1.82, 2.24) is 0 Å². The molecule has 0 saturated heterocycles. The second-order valence-corrected chi connectivity index (χ2v) is 3.78. The third-order valence-corrected chi connectivity index (χ3v) is 2.73. The van der Waals surface area contributed by atoms with E-state index >= 15 is 0 Å². The molecule has 1 unspecified atom stereocenters. The summed E-state index contributed by atoms with van der Waals surface area (Å²) >= 11 is 0. The Morgan fingerprint density at radius 1 is 1.27 bits per heavy atom. The second-order valence-electron chi connectivity index (χ2n) is 3.78. The Morgan fingerprint density at radius 2 is 2.00 bits per heavy atom. The molecule has 1 atom stereocenters. The molecule has 0 radical (unpaired) electrons. The molecule has 0 aromatic heterocycles. The summed E-state index contributed by atoms with van der Waals surface area (Å²) in [5.41, 5.74) is 7.99. The topological polar surface area (TPSA) is 46.2 Å². The van der Waals surface area contributed by atoms with Gasteiger partial charge in [0.2, 0.25) is 0 Å². The van der Waals surface area contributed by atoms with Gasteiger partial charge in [0.25, 0.3) is 0 Å². The average molecular weight is 201 g/mol. The fourth-order valence-electron chi connectivity index (χ4n) is 1.78. The molecule has 0 saturated carbocycles. The van der Waals surface area contributed by atoms with Gasteiger partial charge in [0.05, 0.1) is 0 Å². The van der Waals surface area contributed by atoms with Crippen LogP contribution in [0.2, 0.25) is 0 Å². The first-order chi connectivity index (χ1) is 7.29. The highest BCUT2D eigenvalue weighted by atomic mass is 16.3. The predicted octanol–water partition coefficient (Wildman–Crippen LogP) is 2.32. The first kappa shape index (κ1) is 9.99. The fourth-order valence-corrected chi connectivity index (χ4v) is 1.78. The molecular formula is C13H15NO. The van der Waals surface area contributed by atoms with Crippen molar-refractivity contribution >= 4 is 0 Å².